The molecule has 0 atom stereocenters. The van der Waals surface area contributed by atoms with Crippen LogP contribution in [0.1, 0.15) is 42.3 Å². The summed E-state index contributed by atoms with van der Waals surface area (Å²) in [7, 11) is 0. The number of carbonyl (C=O) groups is 1. The van der Waals surface area contributed by atoms with Crippen LogP contribution in [0.3, 0.4) is 0 Å². The second kappa shape index (κ2) is 12.7. The van der Waals surface area contributed by atoms with Crippen LogP contribution in [0, 0.1) is 11.6 Å². The first kappa shape index (κ1) is 29.7. The number of ether oxygens (including phenoxy) is 2. The number of aliphatic carboxylic acids is 1. The minimum Gasteiger partial charge on any atom is -0.487 e. The van der Waals surface area contributed by atoms with Crippen LogP contribution in [0.15, 0.2) is 109 Å². The van der Waals surface area contributed by atoms with Crippen LogP contribution < -0.4 is 9.47 Å². The van der Waals surface area contributed by atoms with Gasteiger partial charge in [0.25, 0.3) is 0 Å². The maximum atomic E-state index is 13.5. The van der Waals surface area contributed by atoms with Crippen LogP contribution in [-0.4, -0.2) is 21.0 Å². The van der Waals surface area contributed by atoms with Crippen molar-refractivity contribution >= 4 is 27.8 Å². The number of halogens is 2. The largest absolute Gasteiger partial charge is 0.487 e. The molecule has 0 amide bonds. The highest BCUT2D eigenvalue weighted by Gasteiger charge is 2.30. The van der Waals surface area contributed by atoms with E-state index in [0.29, 0.717) is 29.0 Å². The highest BCUT2D eigenvalue weighted by molar-refractivity contribution is 5.79. The van der Waals surface area contributed by atoms with Crippen molar-refractivity contribution in [3.05, 3.63) is 143 Å². The molecule has 1 N–H and O–H groups in total. The van der Waals surface area contributed by atoms with Crippen molar-refractivity contribution in [3.8, 4) is 11.5 Å². The number of aromatic nitrogens is 2. The zero-order chi connectivity index (χ0) is 31.4. The van der Waals surface area contributed by atoms with Gasteiger partial charge in [0.05, 0.1) is 22.4 Å². The summed E-state index contributed by atoms with van der Waals surface area (Å²) in [6.45, 7) is 2.53. The molecule has 8 heteroatoms. The smallest absolute Gasteiger partial charge is 0.303 e. The standard InChI is InChI=1S/C37H30F2N2O4/c1-37(19-18-36(42)43,26-4-12-32(13-5-26)44-22-30-10-2-24-20-28(38)8-16-34(24)40-30)27-6-14-33(15-7-27)45-23-31-11-3-25-21-29(39)9-17-35(25)41-31/h2-17,20-21H,18-19,22-23H2,1H3,(H,42,43). The van der Waals surface area contributed by atoms with E-state index in [2.05, 4.69) is 9.97 Å². The molecule has 0 saturated carbocycles. The highest BCUT2D eigenvalue weighted by Crippen LogP contribution is 2.38. The third kappa shape index (κ3) is 6.91. The van der Waals surface area contributed by atoms with Crippen molar-refractivity contribution in [1.82, 2.24) is 9.97 Å². The van der Waals surface area contributed by atoms with E-state index in [-0.39, 0.29) is 31.3 Å². The van der Waals surface area contributed by atoms with Crippen LogP contribution in [0.4, 0.5) is 8.78 Å². The van der Waals surface area contributed by atoms with Crippen molar-refractivity contribution < 1.29 is 28.2 Å². The predicted molar refractivity (Wildman–Crippen MR) is 168 cm³/mol. The normalized spacial score (nSPS) is 11.5. The second-order valence-corrected chi connectivity index (χ2v) is 11.1. The number of carboxylic acids is 1. The third-order valence-electron chi connectivity index (χ3n) is 8.01. The SMILES string of the molecule is CC(CCC(=O)O)(c1ccc(OCc2ccc3cc(F)ccc3n2)cc1)c1ccc(OCc2ccc3cc(F)ccc3n2)cc1. The van der Waals surface area contributed by atoms with Crippen LogP contribution in [0.2, 0.25) is 0 Å². The lowest BCUT2D eigenvalue weighted by Crippen LogP contribution is -2.25. The molecular weight excluding hydrogens is 574 g/mol. The van der Waals surface area contributed by atoms with Crippen LogP contribution in [-0.2, 0) is 23.4 Å². The summed E-state index contributed by atoms with van der Waals surface area (Å²) in [5, 5.41) is 10.9. The van der Waals surface area contributed by atoms with Gasteiger partial charge in [0, 0.05) is 22.6 Å². The van der Waals surface area contributed by atoms with Crippen molar-refractivity contribution in [2.75, 3.05) is 0 Å². The number of hydrogen-bond donors (Lipinski definition) is 1. The number of pyridine rings is 2. The Bertz CT molecular complexity index is 1850. The molecule has 6 aromatic rings. The summed E-state index contributed by atoms with van der Waals surface area (Å²) in [6.07, 6.45) is 0.397. The third-order valence-corrected chi connectivity index (χ3v) is 8.01. The van der Waals surface area contributed by atoms with Gasteiger partial charge in [-0.2, -0.15) is 0 Å². The van der Waals surface area contributed by atoms with Crippen molar-refractivity contribution in [1.29, 1.82) is 0 Å². The number of rotatable bonds is 11. The summed E-state index contributed by atoms with van der Waals surface area (Å²) in [4.78, 5) is 20.7. The molecule has 0 saturated heterocycles. The molecule has 45 heavy (non-hydrogen) atoms. The lowest BCUT2D eigenvalue weighted by Gasteiger charge is -2.31. The first-order valence-corrected chi connectivity index (χ1v) is 14.5. The van der Waals surface area contributed by atoms with Gasteiger partial charge >= 0.3 is 5.97 Å². The second-order valence-electron chi connectivity index (χ2n) is 11.1. The topological polar surface area (TPSA) is 81.5 Å². The minimum atomic E-state index is -0.864. The molecule has 4 aromatic carbocycles. The zero-order valence-corrected chi connectivity index (χ0v) is 24.5. The lowest BCUT2D eigenvalue weighted by molar-refractivity contribution is -0.137. The molecule has 226 valence electrons. The van der Waals surface area contributed by atoms with Gasteiger partial charge in [-0.3, -0.25) is 4.79 Å². The van der Waals surface area contributed by atoms with Crippen LogP contribution in [0.25, 0.3) is 21.8 Å². The van der Waals surface area contributed by atoms with E-state index in [0.717, 1.165) is 33.3 Å². The maximum absolute atomic E-state index is 13.5. The predicted octanol–water partition coefficient (Wildman–Crippen LogP) is 8.39. The number of benzene rings is 4. The van der Waals surface area contributed by atoms with Gasteiger partial charge in [-0.1, -0.05) is 43.3 Å². The Hall–Kier alpha value is -5.37. The number of hydrogen-bond acceptors (Lipinski definition) is 5. The number of carboxylic acid groups (broad SMARTS) is 1. The quantitative estimate of drug-likeness (QED) is 0.160. The van der Waals surface area contributed by atoms with E-state index in [1.807, 2.05) is 79.7 Å². The first-order chi connectivity index (χ1) is 21.7. The van der Waals surface area contributed by atoms with E-state index in [1.165, 1.54) is 24.3 Å². The molecule has 0 aliphatic carbocycles. The van der Waals surface area contributed by atoms with Gasteiger partial charge < -0.3 is 14.6 Å². The monoisotopic (exact) mass is 604 g/mol. The molecule has 0 aliphatic heterocycles. The first-order valence-electron chi connectivity index (χ1n) is 14.5. The summed E-state index contributed by atoms with van der Waals surface area (Å²) in [6, 6.07) is 31.5. The minimum absolute atomic E-state index is 0.00205. The number of fused-ring (bicyclic) bond motifs is 2. The maximum Gasteiger partial charge on any atom is 0.303 e. The zero-order valence-electron chi connectivity index (χ0n) is 24.5. The van der Waals surface area contributed by atoms with E-state index >= 15 is 0 Å². The van der Waals surface area contributed by atoms with Gasteiger partial charge in [-0.25, -0.2) is 18.7 Å². The average Bonchev–Trinajstić information content (AvgIpc) is 3.05. The Labute approximate surface area is 258 Å². The molecule has 0 aliphatic rings. The van der Waals surface area contributed by atoms with Gasteiger partial charge in [-0.05, 0) is 90.3 Å². The molecule has 2 aromatic heterocycles. The molecule has 0 bridgehead atoms. The molecule has 0 spiro atoms. The Kier molecular flexibility index (Phi) is 8.38. The summed E-state index contributed by atoms with van der Waals surface area (Å²) in [5.41, 5.74) is 4.15. The summed E-state index contributed by atoms with van der Waals surface area (Å²) >= 11 is 0. The average molecular weight is 605 g/mol. The lowest BCUT2D eigenvalue weighted by atomic mass is 9.73. The Morgan fingerprint density at radius 2 is 1.11 bits per heavy atom. The van der Waals surface area contributed by atoms with Crippen molar-refractivity contribution in [2.45, 2.75) is 38.4 Å². The molecule has 0 unspecified atom stereocenters. The Morgan fingerprint density at radius 3 is 1.53 bits per heavy atom. The fraction of sp³-hybridized carbons (Fsp3) is 0.162. The summed E-state index contributed by atoms with van der Waals surface area (Å²) < 4.78 is 38.9. The molecule has 0 fully saturated rings. The van der Waals surface area contributed by atoms with Gasteiger partial charge in [0.2, 0.25) is 0 Å². The Balaban J connectivity index is 1.14. The number of nitrogens with zero attached hydrogens (tertiary/aromatic N) is 2. The fourth-order valence-corrected chi connectivity index (χ4v) is 5.40. The van der Waals surface area contributed by atoms with Gasteiger partial charge in [-0.15, -0.1) is 0 Å². The van der Waals surface area contributed by atoms with E-state index < -0.39 is 11.4 Å². The van der Waals surface area contributed by atoms with E-state index in [9.17, 15) is 18.7 Å². The fourth-order valence-electron chi connectivity index (χ4n) is 5.40. The molecule has 0 radical (unpaired) electrons. The molecule has 2 heterocycles. The molecule has 6 nitrogen and oxygen atoms in total. The van der Waals surface area contributed by atoms with E-state index in [4.69, 9.17) is 9.47 Å². The van der Waals surface area contributed by atoms with Crippen molar-refractivity contribution in [3.63, 3.8) is 0 Å². The van der Waals surface area contributed by atoms with Crippen LogP contribution >= 0.6 is 0 Å². The Morgan fingerprint density at radius 1 is 0.667 bits per heavy atom. The van der Waals surface area contributed by atoms with E-state index in [1.54, 1.807) is 12.1 Å². The van der Waals surface area contributed by atoms with Crippen molar-refractivity contribution in [2.24, 2.45) is 0 Å². The summed E-state index contributed by atoms with van der Waals surface area (Å²) in [5.74, 6) is -0.170. The van der Waals surface area contributed by atoms with Gasteiger partial charge in [0.15, 0.2) is 0 Å². The molecular formula is C37H30F2N2O4. The van der Waals surface area contributed by atoms with Gasteiger partial charge in [0.1, 0.15) is 36.3 Å². The highest BCUT2D eigenvalue weighted by atomic mass is 19.1. The van der Waals surface area contributed by atoms with Crippen LogP contribution in [0.5, 0.6) is 11.5 Å². The molecule has 6 rings (SSSR count).